The van der Waals surface area contributed by atoms with Crippen LogP contribution < -0.4 is 16.2 Å². The first-order chi connectivity index (χ1) is 9.69. The fourth-order valence-corrected chi connectivity index (χ4v) is 2.30. The molecule has 6 nitrogen and oxygen atoms in total. The average molecular weight is 269 g/mol. The molecule has 1 aromatic heterocycles. The van der Waals surface area contributed by atoms with Gasteiger partial charge < -0.3 is 10.6 Å². The Morgan fingerprint density at radius 3 is 3.00 bits per heavy atom. The fourth-order valence-electron chi connectivity index (χ4n) is 2.30. The van der Waals surface area contributed by atoms with Crippen molar-refractivity contribution in [3.05, 3.63) is 28.6 Å². The largest absolute Gasteiger partial charge is 0.399 e. The van der Waals surface area contributed by atoms with Gasteiger partial charge in [0.15, 0.2) is 0 Å². The highest BCUT2D eigenvalue weighted by atomic mass is 16.1. The molecule has 1 saturated carbocycles. The molecule has 102 valence electrons. The summed E-state index contributed by atoms with van der Waals surface area (Å²) >= 11 is 0. The van der Waals surface area contributed by atoms with Crippen LogP contribution in [0.25, 0.3) is 10.9 Å². The van der Waals surface area contributed by atoms with Crippen LogP contribution in [0.5, 0.6) is 0 Å². The average Bonchev–Trinajstić information content (AvgIpc) is 3.25. The van der Waals surface area contributed by atoms with E-state index in [1.807, 2.05) is 4.90 Å². The molecule has 1 aliphatic carbocycles. The number of nitrogens with two attached hydrogens (primary N) is 1. The van der Waals surface area contributed by atoms with E-state index in [-0.39, 0.29) is 5.56 Å². The monoisotopic (exact) mass is 269 g/mol. The lowest BCUT2D eigenvalue weighted by atomic mass is 10.2. The third kappa shape index (κ3) is 2.30. The van der Waals surface area contributed by atoms with Crippen LogP contribution in [-0.4, -0.2) is 22.6 Å². The predicted molar refractivity (Wildman–Crippen MR) is 77.4 cm³/mol. The van der Waals surface area contributed by atoms with Gasteiger partial charge in [0, 0.05) is 18.3 Å². The number of fused-ring (bicyclic) bond motifs is 1. The zero-order valence-corrected chi connectivity index (χ0v) is 11.0. The summed E-state index contributed by atoms with van der Waals surface area (Å²) in [7, 11) is 0. The molecule has 1 aliphatic rings. The Hall–Kier alpha value is -2.55. The van der Waals surface area contributed by atoms with E-state index in [9.17, 15) is 4.79 Å². The summed E-state index contributed by atoms with van der Waals surface area (Å²) in [5, 5.41) is 9.23. The van der Waals surface area contributed by atoms with Gasteiger partial charge >= 0.3 is 0 Å². The van der Waals surface area contributed by atoms with Gasteiger partial charge in [-0.2, -0.15) is 5.26 Å². The van der Waals surface area contributed by atoms with Crippen LogP contribution in [0.15, 0.2) is 23.0 Å². The summed E-state index contributed by atoms with van der Waals surface area (Å²) in [6, 6.07) is 7.63. The molecule has 0 saturated heterocycles. The standard InChI is InChI=1S/C14H15N5O/c15-6-1-7-19(10-3-4-10)14-17-12-5-2-9(16)8-11(12)13(20)18-14/h2,5,8,10H,1,3-4,7,16H2,(H,17,18,20). The number of nitrogen functional groups attached to an aromatic ring is 1. The molecular formula is C14H15N5O. The van der Waals surface area contributed by atoms with Gasteiger partial charge in [-0.15, -0.1) is 0 Å². The molecule has 0 unspecified atom stereocenters. The van der Waals surface area contributed by atoms with Crippen molar-refractivity contribution >= 4 is 22.5 Å². The van der Waals surface area contributed by atoms with Gasteiger partial charge in [0.25, 0.3) is 5.56 Å². The lowest BCUT2D eigenvalue weighted by Crippen LogP contribution is -2.30. The van der Waals surface area contributed by atoms with Crippen LogP contribution in [0.2, 0.25) is 0 Å². The second-order valence-corrected chi connectivity index (χ2v) is 5.00. The van der Waals surface area contributed by atoms with Gasteiger partial charge in [-0.05, 0) is 31.0 Å². The van der Waals surface area contributed by atoms with E-state index < -0.39 is 0 Å². The minimum Gasteiger partial charge on any atom is -0.399 e. The first kappa shape index (κ1) is 12.5. The molecule has 3 N–H and O–H groups in total. The number of aromatic amines is 1. The van der Waals surface area contributed by atoms with Gasteiger partial charge in [-0.1, -0.05) is 0 Å². The Morgan fingerprint density at radius 1 is 1.50 bits per heavy atom. The van der Waals surface area contributed by atoms with Crippen LogP contribution in [0.4, 0.5) is 11.6 Å². The lowest BCUT2D eigenvalue weighted by molar-refractivity contribution is 0.761. The SMILES string of the molecule is N#CCCN(c1nc2ccc(N)cc2c(=O)[nH]1)C1CC1. The van der Waals surface area contributed by atoms with Gasteiger partial charge in [0.1, 0.15) is 0 Å². The Labute approximate surface area is 115 Å². The van der Waals surface area contributed by atoms with Gasteiger partial charge in [0.2, 0.25) is 5.95 Å². The number of nitriles is 1. The molecule has 20 heavy (non-hydrogen) atoms. The van der Waals surface area contributed by atoms with Crippen molar-refractivity contribution in [3.8, 4) is 6.07 Å². The number of hydrogen-bond donors (Lipinski definition) is 2. The Kier molecular flexibility index (Phi) is 3.03. The summed E-state index contributed by atoms with van der Waals surface area (Å²) in [5.74, 6) is 0.546. The maximum absolute atomic E-state index is 12.1. The zero-order valence-electron chi connectivity index (χ0n) is 11.0. The quantitative estimate of drug-likeness (QED) is 0.817. The first-order valence-corrected chi connectivity index (χ1v) is 6.62. The number of anilines is 2. The Balaban J connectivity index is 2.05. The number of aromatic nitrogens is 2. The van der Waals surface area contributed by atoms with Crippen molar-refractivity contribution < 1.29 is 0 Å². The summed E-state index contributed by atoms with van der Waals surface area (Å²) in [6.07, 6.45) is 2.57. The third-order valence-corrected chi connectivity index (χ3v) is 3.44. The van der Waals surface area contributed by atoms with Crippen LogP contribution in [0.1, 0.15) is 19.3 Å². The molecule has 6 heteroatoms. The highest BCUT2D eigenvalue weighted by Gasteiger charge is 2.30. The number of hydrogen-bond acceptors (Lipinski definition) is 5. The second-order valence-electron chi connectivity index (χ2n) is 5.00. The molecule has 0 atom stereocenters. The van der Waals surface area contributed by atoms with Crippen molar-refractivity contribution in [2.45, 2.75) is 25.3 Å². The summed E-state index contributed by atoms with van der Waals surface area (Å²) in [6.45, 7) is 0.588. The van der Waals surface area contributed by atoms with Gasteiger partial charge in [-0.3, -0.25) is 9.78 Å². The molecular weight excluding hydrogens is 254 g/mol. The topological polar surface area (TPSA) is 98.8 Å². The molecule has 1 fully saturated rings. The molecule has 3 rings (SSSR count). The number of benzene rings is 1. The number of rotatable bonds is 4. The molecule has 0 aliphatic heterocycles. The smallest absolute Gasteiger partial charge is 0.260 e. The van der Waals surface area contributed by atoms with E-state index >= 15 is 0 Å². The normalized spacial score (nSPS) is 14.2. The third-order valence-electron chi connectivity index (χ3n) is 3.44. The van der Waals surface area contributed by atoms with Crippen molar-refractivity contribution in [1.29, 1.82) is 5.26 Å². The maximum Gasteiger partial charge on any atom is 0.260 e. The van der Waals surface area contributed by atoms with Crippen molar-refractivity contribution in [2.24, 2.45) is 0 Å². The predicted octanol–water partition coefficient (Wildman–Crippen LogP) is 1.39. The summed E-state index contributed by atoms with van der Waals surface area (Å²) in [4.78, 5) is 21.4. The molecule has 1 heterocycles. The lowest BCUT2D eigenvalue weighted by Gasteiger charge is -2.21. The molecule has 2 aromatic rings. The van der Waals surface area contributed by atoms with E-state index in [0.717, 1.165) is 12.8 Å². The molecule has 0 amide bonds. The Bertz CT molecular complexity index is 741. The van der Waals surface area contributed by atoms with Gasteiger partial charge in [-0.25, -0.2) is 4.98 Å². The number of H-pyrrole nitrogens is 1. The summed E-state index contributed by atoms with van der Waals surface area (Å²) < 4.78 is 0. The van der Waals surface area contributed by atoms with E-state index in [1.54, 1.807) is 18.2 Å². The van der Waals surface area contributed by atoms with E-state index in [0.29, 0.717) is 41.5 Å². The Morgan fingerprint density at radius 2 is 2.30 bits per heavy atom. The molecule has 0 bridgehead atoms. The highest BCUT2D eigenvalue weighted by Crippen LogP contribution is 2.30. The summed E-state index contributed by atoms with van der Waals surface area (Å²) in [5.41, 5.74) is 6.66. The highest BCUT2D eigenvalue weighted by molar-refractivity contribution is 5.81. The van der Waals surface area contributed by atoms with Crippen LogP contribution >= 0.6 is 0 Å². The van der Waals surface area contributed by atoms with E-state index in [2.05, 4.69) is 16.0 Å². The molecule has 0 spiro atoms. The van der Waals surface area contributed by atoms with Gasteiger partial charge in [0.05, 0.1) is 23.4 Å². The minimum atomic E-state index is -0.195. The molecule has 1 aromatic carbocycles. The molecule has 0 radical (unpaired) electrons. The van der Waals surface area contributed by atoms with Crippen molar-refractivity contribution in [3.63, 3.8) is 0 Å². The van der Waals surface area contributed by atoms with Crippen LogP contribution in [0, 0.1) is 11.3 Å². The number of nitrogens with zero attached hydrogens (tertiary/aromatic N) is 3. The number of nitrogens with one attached hydrogen (secondary N) is 1. The second kappa shape index (κ2) is 4.85. The van der Waals surface area contributed by atoms with Crippen molar-refractivity contribution in [2.75, 3.05) is 17.2 Å². The van der Waals surface area contributed by atoms with Crippen LogP contribution in [0.3, 0.4) is 0 Å². The maximum atomic E-state index is 12.1. The van der Waals surface area contributed by atoms with E-state index in [1.165, 1.54) is 0 Å². The first-order valence-electron chi connectivity index (χ1n) is 6.62. The fraction of sp³-hybridized carbons (Fsp3) is 0.357. The van der Waals surface area contributed by atoms with Crippen LogP contribution in [-0.2, 0) is 0 Å². The van der Waals surface area contributed by atoms with Crippen molar-refractivity contribution in [1.82, 2.24) is 9.97 Å². The zero-order chi connectivity index (χ0) is 14.1. The minimum absolute atomic E-state index is 0.195. The van der Waals surface area contributed by atoms with E-state index in [4.69, 9.17) is 11.0 Å².